The van der Waals surface area contributed by atoms with Crippen molar-refractivity contribution in [2.75, 3.05) is 18.1 Å². The Bertz CT molecular complexity index is 589. The van der Waals surface area contributed by atoms with E-state index in [-0.39, 0.29) is 0 Å². The molecule has 2 N–H and O–H groups in total. The van der Waals surface area contributed by atoms with Gasteiger partial charge in [0.25, 0.3) is 0 Å². The molecule has 0 saturated carbocycles. The number of nitrogens with zero attached hydrogens (tertiary/aromatic N) is 2. The highest BCUT2D eigenvalue weighted by molar-refractivity contribution is 7.99. The number of thioether (sulfide) groups is 1. The topological polar surface area (TPSA) is 61.0 Å². The summed E-state index contributed by atoms with van der Waals surface area (Å²) in [6.45, 7) is 0.809. The molecule has 1 aliphatic rings. The van der Waals surface area contributed by atoms with Crippen molar-refractivity contribution in [1.29, 1.82) is 0 Å². The monoisotopic (exact) mass is 273 g/mol. The van der Waals surface area contributed by atoms with Crippen LogP contribution in [0.5, 0.6) is 5.75 Å². The summed E-state index contributed by atoms with van der Waals surface area (Å²) in [6.07, 6.45) is 5.30. The number of nitrogen functional groups attached to an aromatic ring is 1. The van der Waals surface area contributed by atoms with Crippen molar-refractivity contribution in [2.45, 2.75) is 17.9 Å². The fraction of sp³-hybridized carbons (Fsp3) is 0.286. The van der Waals surface area contributed by atoms with Gasteiger partial charge in [0.1, 0.15) is 10.8 Å². The van der Waals surface area contributed by atoms with Crippen molar-refractivity contribution in [1.82, 2.24) is 9.97 Å². The molecule has 5 heteroatoms. The molecule has 0 aliphatic carbocycles. The first-order chi connectivity index (χ1) is 9.33. The van der Waals surface area contributed by atoms with Crippen LogP contribution in [0.3, 0.4) is 0 Å². The van der Waals surface area contributed by atoms with Gasteiger partial charge in [-0.2, -0.15) is 0 Å². The molecule has 2 heterocycles. The minimum absolute atomic E-state index is 0.509. The molecule has 1 aromatic carbocycles. The van der Waals surface area contributed by atoms with Crippen LogP contribution in [0, 0.1) is 0 Å². The van der Waals surface area contributed by atoms with Gasteiger partial charge in [0.2, 0.25) is 0 Å². The predicted molar refractivity (Wildman–Crippen MR) is 76.5 cm³/mol. The molecule has 4 nitrogen and oxygen atoms in total. The summed E-state index contributed by atoms with van der Waals surface area (Å²) >= 11 is 1.65. The van der Waals surface area contributed by atoms with Gasteiger partial charge in [-0.25, -0.2) is 9.97 Å². The molecule has 0 fully saturated rings. The maximum atomic E-state index is 5.76. The normalized spacial score (nSPS) is 13.1. The van der Waals surface area contributed by atoms with Crippen LogP contribution in [-0.4, -0.2) is 22.3 Å². The maximum absolute atomic E-state index is 5.76. The second kappa shape index (κ2) is 5.48. The smallest absolute Gasteiger partial charge is 0.156 e. The quantitative estimate of drug-likeness (QED) is 0.866. The van der Waals surface area contributed by atoms with Crippen LogP contribution in [0.25, 0.3) is 0 Å². The molecule has 0 unspecified atom stereocenters. The van der Waals surface area contributed by atoms with Gasteiger partial charge in [-0.3, -0.25) is 0 Å². The van der Waals surface area contributed by atoms with Crippen molar-refractivity contribution < 1.29 is 4.74 Å². The van der Waals surface area contributed by atoms with E-state index >= 15 is 0 Å². The van der Waals surface area contributed by atoms with E-state index in [1.165, 1.54) is 11.1 Å². The molecule has 3 rings (SSSR count). The molecule has 0 radical (unpaired) electrons. The van der Waals surface area contributed by atoms with Crippen molar-refractivity contribution >= 4 is 17.6 Å². The second-order valence-electron chi connectivity index (χ2n) is 4.39. The Kier molecular flexibility index (Phi) is 3.55. The zero-order valence-corrected chi connectivity index (χ0v) is 11.3. The Labute approximate surface area is 116 Å². The Morgan fingerprint density at radius 1 is 1.26 bits per heavy atom. The highest BCUT2D eigenvalue weighted by Crippen LogP contribution is 2.27. The molecule has 0 amide bonds. The number of ether oxygens (including phenoxy) is 1. The number of rotatable bonds is 4. The van der Waals surface area contributed by atoms with Gasteiger partial charge in [0.05, 0.1) is 6.61 Å². The van der Waals surface area contributed by atoms with E-state index in [1.54, 1.807) is 24.2 Å². The summed E-state index contributed by atoms with van der Waals surface area (Å²) in [5, 5.41) is 0.812. The van der Waals surface area contributed by atoms with E-state index < -0.39 is 0 Å². The number of aromatic nitrogens is 2. The highest BCUT2D eigenvalue weighted by Gasteiger charge is 2.11. The van der Waals surface area contributed by atoms with Gasteiger partial charge >= 0.3 is 0 Å². The second-order valence-corrected chi connectivity index (χ2v) is 5.47. The lowest BCUT2D eigenvalue weighted by molar-refractivity contribution is 0.357. The van der Waals surface area contributed by atoms with Crippen LogP contribution in [0.1, 0.15) is 11.1 Å². The fourth-order valence-corrected chi connectivity index (χ4v) is 2.98. The fourth-order valence-electron chi connectivity index (χ4n) is 2.11. The van der Waals surface area contributed by atoms with Gasteiger partial charge in [-0.1, -0.05) is 12.1 Å². The van der Waals surface area contributed by atoms with Gasteiger partial charge in [-0.15, -0.1) is 11.8 Å². The predicted octanol–water partition coefficient (Wildman–Crippen LogP) is 2.33. The SMILES string of the molecule is Nc1nccnc1SCCc1ccc2c(c1)CCO2. The first-order valence-corrected chi connectivity index (χ1v) is 7.25. The molecule has 0 atom stereocenters. The first-order valence-electron chi connectivity index (χ1n) is 6.27. The minimum atomic E-state index is 0.509. The third-order valence-electron chi connectivity index (χ3n) is 3.07. The zero-order valence-electron chi connectivity index (χ0n) is 10.5. The van der Waals surface area contributed by atoms with Gasteiger partial charge in [0.15, 0.2) is 5.82 Å². The lowest BCUT2D eigenvalue weighted by Crippen LogP contribution is -1.96. The number of anilines is 1. The Morgan fingerprint density at radius 2 is 2.16 bits per heavy atom. The number of hydrogen-bond donors (Lipinski definition) is 1. The minimum Gasteiger partial charge on any atom is -0.493 e. The van der Waals surface area contributed by atoms with E-state index in [9.17, 15) is 0 Å². The van der Waals surface area contributed by atoms with E-state index in [0.717, 1.165) is 36.0 Å². The van der Waals surface area contributed by atoms with Gasteiger partial charge < -0.3 is 10.5 Å². The third-order valence-corrected chi connectivity index (χ3v) is 4.07. The molecule has 0 saturated heterocycles. The first kappa shape index (κ1) is 12.3. The Balaban J connectivity index is 1.59. The summed E-state index contributed by atoms with van der Waals surface area (Å²) in [4.78, 5) is 8.25. The van der Waals surface area contributed by atoms with Gasteiger partial charge in [-0.05, 0) is 23.6 Å². The number of benzene rings is 1. The van der Waals surface area contributed by atoms with Crippen LogP contribution in [0.2, 0.25) is 0 Å². The molecular weight excluding hydrogens is 258 g/mol. The maximum Gasteiger partial charge on any atom is 0.156 e. The van der Waals surface area contributed by atoms with Crippen molar-refractivity contribution in [2.24, 2.45) is 0 Å². The van der Waals surface area contributed by atoms with Crippen molar-refractivity contribution in [3.63, 3.8) is 0 Å². The van der Waals surface area contributed by atoms with E-state index in [1.807, 2.05) is 0 Å². The summed E-state index contributed by atoms with van der Waals surface area (Å²) in [7, 11) is 0. The number of nitrogens with two attached hydrogens (primary N) is 1. The van der Waals surface area contributed by atoms with Gasteiger partial charge in [0, 0.05) is 24.6 Å². The van der Waals surface area contributed by atoms with Crippen LogP contribution in [0.15, 0.2) is 35.6 Å². The average molecular weight is 273 g/mol. The number of aryl methyl sites for hydroxylation is 1. The lowest BCUT2D eigenvalue weighted by atomic mass is 10.1. The summed E-state index contributed by atoms with van der Waals surface area (Å²) in [5.41, 5.74) is 8.42. The van der Waals surface area contributed by atoms with Crippen LogP contribution < -0.4 is 10.5 Å². The third kappa shape index (κ3) is 2.81. The van der Waals surface area contributed by atoms with Crippen molar-refractivity contribution in [3.05, 3.63) is 41.7 Å². The van der Waals surface area contributed by atoms with Crippen LogP contribution in [0.4, 0.5) is 5.82 Å². The molecule has 1 aromatic heterocycles. The molecule has 1 aliphatic heterocycles. The molecule has 19 heavy (non-hydrogen) atoms. The average Bonchev–Trinajstić information content (AvgIpc) is 2.88. The molecular formula is C14H15N3OS. The van der Waals surface area contributed by atoms with E-state index in [2.05, 4.69) is 28.2 Å². The molecule has 0 bridgehead atoms. The number of hydrogen-bond acceptors (Lipinski definition) is 5. The highest BCUT2D eigenvalue weighted by atomic mass is 32.2. The summed E-state index contributed by atoms with van der Waals surface area (Å²) in [6, 6.07) is 6.44. The summed E-state index contributed by atoms with van der Waals surface area (Å²) < 4.78 is 5.50. The molecule has 0 spiro atoms. The van der Waals surface area contributed by atoms with Crippen molar-refractivity contribution in [3.8, 4) is 5.75 Å². The Morgan fingerprint density at radius 3 is 3.05 bits per heavy atom. The van der Waals surface area contributed by atoms with Crippen LogP contribution in [-0.2, 0) is 12.8 Å². The summed E-state index contributed by atoms with van der Waals surface area (Å²) in [5.74, 6) is 2.49. The van der Waals surface area contributed by atoms with Crippen LogP contribution >= 0.6 is 11.8 Å². The zero-order chi connectivity index (χ0) is 13.1. The molecule has 2 aromatic rings. The lowest BCUT2D eigenvalue weighted by Gasteiger charge is -2.05. The number of fused-ring (bicyclic) bond motifs is 1. The van der Waals surface area contributed by atoms with E-state index in [0.29, 0.717) is 5.82 Å². The van der Waals surface area contributed by atoms with E-state index in [4.69, 9.17) is 10.5 Å². The standard InChI is InChI=1S/C14H15N3OS/c15-13-14(17-6-5-16-13)19-8-4-10-1-2-12-11(9-10)3-7-18-12/h1-2,5-6,9H,3-4,7-8H2,(H2,15,16). The molecule has 98 valence electrons. The Hall–Kier alpha value is -1.75. The largest absolute Gasteiger partial charge is 0.493 e.